The molecule has 0 aliphatic carbocycles. The maximum Gasteiger partial charge on any atom is 0.0642 e. The van der Waals surface area contributed by atoms with Crippen molar-refractivity contribution in [2.45, 2.75) is 6.54 Å². The Labute approximate surface area is 134 Å². The SMILES string of the molecule is Clc1ccc(CN2CCN(/N=C/c3cccs3)CC2)cc1. The molecule has 0 N–H and O–H groups in total. The lowest BCUT2D eigenvalue weighted by molar-refractivity contribution is 0.131. The molecule has 110 valence electrons. The Morgan fingerprint density at radius 1 is 1.10 bits per heavy atom. The first-order valence-corrected chi connectivity index (χ1v) is 8.34. The molecule has 0 spiro atoms. The first kappa shape index (κ1) is 14.6. The normalized spacial score (nSPS) is 16.7. The number of thiophene rings is 1. The standard InChI is InChI=1S/C16H18ClN3S/c17-15-5-3-14(4-6-15)13-19-7-9-20(10-8-19)18-12-16-2-1-11-21-16/h1-6,11-12H,7-10,13H2/b18-12+. The molecule has 0 amide bonds. The third kappa shape index (κ3) is 4.30. The molecule has 5 heteroatoms. The molecule has 0 radical (unpaired) electrons. The molecule has 3 nitrogen and oxygen atoms in total. The zero-order valence-electron chi connectivity index (χ0n) is 11.8. The van der Waals surface area contributed by atoms with E-state index < -0.39 is 0 Å². The van der Waals surface area contributed by atoms with Gasteiger partial charge in [-0.3, -0.25) is 9.91 Å². The van der Waals surface area contributed by atoms with Crippen LogP contribution < -0.4 is 0 Å². The Bertz CT molecular complexity index is 572. The van der Waals surface area contributed by atoms with Crippen molar-refractivity contribution >= 4 is 29.2 Å². The first-order valence-electron chi connectivity index (χ1n) is 7.09. The van der Waals surface area contributed by atoms with Crippen molar-refractivity contribution in [1.82, 2.24) is 9.91 Å². The molecule has 1 aliphatic rings. The highest BCUT2D eigenvalue weighted by molar-refractivity contribution is 7.11. The maximum atomic E-state index is 5.92. The van der Waals surface area contributed by atoms with Crippen LogP contribution in [0, 0.1) is 0 Å². The smallest absolute Gasteiger partial charge is 0.0642 e. The van der Waals surface area contributed by atoms with Gasteiger partial charge in [-0.15, -0.1) is 11.3 Å². The second-order valence-corrected chi connectivity index (χ2v) is 6.53. The summed E-state index contributed by atoms with van der Waals surface area (Å²) >= 11 is 7.63. The van der Waals surface area contributed by atoms with Crippen molar-refractivity contribution in [3.63, 3.8) is 0 Å². The Morgan fingerprint density at radius 2 is 1.86 bits per heavy atom. The molecule has 0 saturated carbocycles. The summed E-state index contributed by atoms with van der Waals surface area (Å²) in [5, 5.41) is 9.58. The van der Waals surface area contributed by atoms with Crippen LogP contribution in [0.4, 0.5) is 0 Å². The zero-order valence-corrected chi connectivity index (χ0v) is 13.4. The number of halogens is 1. The van der Waals surface area contributed by atoms with E-state index >= 15 is 0 Å². The van der Waals surface area contributed by atoms with Crippen LogP contribution in [0.1, 0.15) is 10.4 Å². The van der Waals surface area contributed by atoms with Gasteiger partial charge in [0.2, 0.25) is 0 Å². The van der Waals surface area contributed by atoms with Gasteiger partial charge in [-0.2, -0.15) is 5.10 Å². The van der Waals surface area contributed by atoms with Crippen LogP contribution >= 0.6 is 22.9 Å². The number of rotatable bonds is 4. The molecule has 0 unspecified atom stereocenters. The fourth-order valence-corrected chi connectivity index (χ4v) is 3.07. The minimum atomic E-state index is 0.798. The highest BCUT2D eigenvalue weighted by Crippen LogP contribution is 2.13. The third-order valence-corrected chi connectivity index (χ3v) is 4.62. The molecular weight excluding hydrogens is 302 g/mol. The summed E-state index contributed by atoms with van der Waals surface area (Å²) in [6, 6.07) is 12.3. The van der Waals surface area contributed by atoms with E-state index in [1.807, 2.05) is 18.3 Å². The van der Waals surface area contributed by atoms with Crippen LogP contribution in [0.2, 0.25) is 5.02 Å². The topological polar surface area (TPSA) is 18.8 Å². The molecule has 2 heterocycles. The lowest BCUT2D eigenvalue weighted by atomic mass is 10.2. The summed E-state index contributed by atoms with van der Waals surface area (Å²) in [6.07, 6.45) is 1.96. The van der Waals surface area contributed by atoms with Gasteiger partial charge in [0, 0.05) is 42.6 Å². The second kappa shape index (κ2) is 7.07. The lowest BCUT2D eigenvalue weighted by Gasteiger charge is -2.33. The van der Waals surface area contributed by atoms with Gasteiger partial charge in [-0.25, -0.2) is 0 Å². The highest BCUT2D eigenvalue weighted by atomic mass is 35.5. The monoisotopic (exact) mass is 319 g/mol. The molecular formula is C16H18ClN3S. The first-order chi connectivity index (χ1) is 10.3. The Kier molecular flexibility index (Phi) is 4.91. The Morgan fingerprint density at radius 3 is 2.52 bits per heavy atom. The van der Waals surface area contributed by atoms with Gasteiger partial charge in [0.1, 0.15) is 0 Å². The highest BCUT2D eigenvalue weighted by Gasteiger charge is 2.15. The molecule has 0 bridgehead atoms. The van der Waals surface area contributed by atoms with Crippen LogP contribution in [0.3, 0.4) is 0 Å². The molecule has 2 aromatic rings. The summed E-state index contributed by atoms with van der Waals surface area (Å²) in [7, 11) is 0. The second-order valence-electron chi connectivity index (χ2n) is 5.12. The average molecular weight is 320 g/mol. The third-order valence-electron chi connectivity index (χ3n) is 3.56. The number of hydrogen-bond donors (Lipinski definition) is 0. The van der Waals surface area contributed by atoms with Crippen molar-refractivity contribution in [3.8, 4) is 0 Å². The van der Waals surface area contributed by atoms with Crippen LogP contribution in [-0.4, -0.2) is 42.3 Å². The maximum absolute atomic E-state index is 5.92. The summed E-state index contributed by atoms with van der Waals surface area (Å²) < 4.78 is 0. The zero-order chi connectivity index (χ0) is 14.5. The summed E-state index contributed by atoms with van der Waals surface area (Å²) in [6.45, 7) is 5.04. The summed E-state index contributed by atoms with van der Waals surface area (Å²) in [4.78, 5) is 3.67. The average Bonchev–Trinajstić information content (AvgIpc) is 3.02. The molecule has 1 aromatic heterocycles. The number of piperazine rings is 1. The molecule has 1 aromatic carbocycles. The van der Waals surface area contributed by atoms with Crippen molar-refractivity contribution in [3.05, 3.63) is 57.2 Å². The number of hydrogen-bond acceptors (Lipinski definition) is 4. The number of benzene rings is 1. The molecule has 3 rings (SSSR count). The molecule has 0 atom stereocenters. The predicted molar refractivity (Wildman–Crippen MR) is 90.2 cm³/mol. The molecule has 1 fully saturated rings. The summed E-state index contributed by atoms with van der Waals surface area (Å²) in [5.74, 6) is 0. The van der Waals surface area contributed by atoms with Gasteiger partial charge in [-0.05, 0) is 29.1 Å². The lowest BCUT2D eigenvalue weighted by Crippen LogP contribution is -2.43. The molecule has 21 heavy (non-hydrogen) atoms. The Balaban J connectivity index is 1.47. The van der Waals surface area contributed by atoms with E-state index in [9.17, 15) is 0 Å². The van der Waals surface area contributed by atoms with Gasteiger partial charge in [0.05, 0.1) is 6.21 Å². The van der Waals surface area contributed by atoms with Crippen LogP contribution in [-0.2, 0) is 6.54 Å². The van der Waals surface area contributed by atoms with Gasteiger partial charge >= 0.3 is 0 Å². The van der Waals surface area contributed by atoms with Crippen molar-refractivity contribution in [1.29, 1.82) is 0 Å². The van der Waals surface area contributed by atoms with Gasteiger partial charge < -0.3 is 0 Å². The molecule has 1 saturated heterocycles. The van der Waals surface area contributed by atoms with Crippen molar-refractivity contribution in [2.24, 2.45) is 5.10 Å². The van der Waals surface area contributed by atoms with E-state index in [2.05, 4.69) is 44.7 Å². The summed E-state index contributed by atoms with van der Waals surface area (Å²) in [5.41, 5.74) is 1.31. The molecule has 1 aliphatic heterocycles. The Hall–Kier alpha value is -1.36. The predicted octanol–water partition coefficient (Wildman–Crippen LogP) is 3.55. The van der Waals surface area contributed by atoms with Crippen LogP contribution in [0.25, 0.3) is 0 Å². The van der Waals surface area contributed by atoms with Crippen LogP contribution in [0.5, 0.6) is 0 Å². The van der Waals surface area contributed by atoms with E-state index in [-0.39, 0.29) is 0 Å². The fraction of sp³-hybridized carbons (Fsp3) is 0.312. The van der Waals surface area contributed by atoms with E-state index in [0.717, 1.165) is 37.7 Å². The van der Waals surface area contributed by atoms with Gasteiger partial charge in [0.15, 0.2) is 0 Å². The quantitative estimate of drug-likeness (QED) is 0.803. The van der Waals surface area contributed by atoms with E-state index in [1.54, 1.807) is 11.3 Å². The van der Waals surface area contributed by atoms with E-state index in [1.165, 1.54) is 10.4 Å². The van der Waals surface area contributed by atoms with Gasteiger partial charge in [-0.1, -0.05) is 29.8 Å². The minimum absolute atomic E-state index is 0.798. The van der Waals surface area contributed by atoms with Crippen LogP contribution in [0.15, 0.2) is 46.9 Å². The van der Waals surface area contributed by atoms with Crippen molar-refractivity contribution < 1.29 is 0 Å². The van der Waals surface area contributed by atoms with Crippen molar-refractivity contribution in [2.75, 3.05) is 26.2 Å². The number of nitrogens with zero attached hydrogens (tertiary/aromatic N) is 3. The van der Waals surface area contributed by atoms with E-state index in [4.69, 9.17) is 11.6 Å². The number of hydrazone groups is 1. The fourth-order valence-electron chi connectivity index (χ4n) is 2.36. The largest absolute Gasteiger partial charge is 0.295 e. The minimum Gasteiger partial charge on any atom is -0.295 e. The van der Waals surface area contributed by atoms with Gasteiger partial charge in [0.25, 0.3) is 0 Å². The van der Waals surface area contributed by atoms with E-state index in [0.29, 0.717) is 0 Å².